The van der Waals surface area contributed by atoms with Gasteiger partial charge in [-0.25, -0.2) is 0 Å². The number of rotatable bonds is 5. The van der Waals surface area contributed by atoms with Crippen LogP contribution >= 0.6 is 0 Å². The van der Waals surface area contributed by atoms with E-state index >= 15 is 0 Å². The van der Waals surface area contributed by atoms with E-state index in [0.29, 0.717) is 0 Å². The molecule has 0 unspecified atom stereocenters. The van der Waals surface area contributed by atoms with E-state index in [-0.39, 0.29) is 24.7 Å². The molecule has 20 heavy (non-hydrogen) atoms. The van der Waals surface area contributed by atoms with Gasteiger partial charge >= 0.3 is 0 Å². The van der Waals surface area contributed by atoms with Gasteiger partial charge in [0.2, 0.25) is 0 Å². The highest BCUT2D eigenvalue weighted by Crippen LogP contribution is 2.44. The van der Waals surface area contributed by atoms with Crippen LogP contribution in [0.3, 0.4) is 0 Å². The van der Waals surface area contributed by atoms with Gasteiger partial charge in [0.25, 0.3) is 0 Å². The van der Waals surface area contributed by atoms with Crippen molar-refractivity contribution in [1.82, 2.24) is 5.32 Å². The molecule has 2 heterocycles. The van der Waals surface area contributed by atoms with Crippen LogP contribution in [-0.4, -0.2) is 55.5 Å². The number of hydrogen-bond donors (Lipinski definition) is 2. The minimum absolute atomic E-state index is 0.0155. The van der Waals surface area contributed by atoms with Crippen molar-refractivity contribution in [3.63, 3.8) is 0 Å². The molecule has 2 saturated heterocycles. The molecule has 2 fully saturated rings. The summed E-state index contributed by atoms with van der Waals surface area (Å²) < 4.78 is 18.5. The van der Waals surface area contributed by atoms with E-state index in [1.54, 1.807) is 7.11 Å². The number of fused-ring (bicyclic) bond motifs is 1. The molecule has 0 aromatic carbocycles. The summed E-state index contributed by atoms with van der Waals surface area (Å²) in [4.78, 5) is 0. The van der Waals surface area contributed by atoms with Crippen LogP contribution < -0.4 is 5.32 Å². The summed E-state index contributed by atoms with van der Waals surface area (Å²) in [5.41, 5.74) is -0.444. The summed E-state index contributed by atoms with van der Waals surface area (Å²) in [6, 6.07) is 0. The van der Waals surface area contributed by atoms with Gasteiger partial charge in [0, 0.05) is 32.7 Å². The summed E-state index contributed by atoms with van der Waals surface area (Å²) >= 11 is 0. The standard InChI is InChI=1S/C15H29NO4/c1-5-7-14(2)15(3,18-4)20-13-11(6-8-17)9-16-10-12(13)19-14/h11-13,16-17H,5-10H2,1-4H3/t11-,12+,13+,14+,15-/m0/s1. The van der Waals surface area contributed by atoms with E-state index in [1.807, 2.05) is 6.92 Å². The number of methoxy groups -OCH3 is 1. The molecule has 118 valence electrons. The molecule has 0 spiro atoms. The van der Waals surface area contributed by atoms with Gasteiger partial charge in [-0.3, -0.25) is 0 Å². The Labute approximate surface area is 122 Å². The van der Waals surface area contributed by atoms with Gasteiger partial charge in [-0.2, -0.15) is 0 Å². The van der Waals surface area contributed by atoms with Gasteiger partial charge in [-0.05, 0) is 26.7 Å². The molecule has 0 bridgehead atoms. The van der Waals surface area contributed by atoms with Crippen LogP contribution in [-0.2, 0) is 14.2 Å². The first-order valence-corrected chi connectivity index (χ1v) is 7.72. The Morgan fingerprint density at radius 3 is 2.65 bits per heavy atom. The first kappa shape index (κ1) is 16.2. The third kappa shape index (κ3) is 2.74. The minimum Gasteiger partial charge on any atom is -0.396 e. The topological polar surface area (TPSA) is 60.0 Å². The van der Waals surface area contributed by atoms with Gasteiger partial charge in [0.15, 0.2) is 5.79 Å². The average Bonchev–Trinajstić information content (AvgIpc) is 2.41. The van der Waals surface area contributed by atoms with Gasteiger partial charge in [0.05, 0.1) is 12.2 Å². The van der Waals surface area contributed by atoms with Crippen molar-refractivity contribution in [1.29, 1.82) is 0 Å². The molecule has 0 aliphatic carbocycles. The number of ether oxygens (including phenoxy) is 3. The maximum atomic E-state index is 9.23. The highest BCUT2D eigenvalue weighted by molar-refractivity contribution is 5.00. The minimum atomic E-state index is -0.741. The number of hydrogen-bond acceptors (Lipinski definition) is 5. The van der Waals surface area contributed by atoms with Crippen molar-refractivity contribution in [3.05, 3.63) is 0 Å². The largest absolute Gasteiger partial charge is 0.396 e. The lowest BCUT2D eigenvalue weighted by molar-refractivity contribution is -0.396. The fourth-order valence-corrected chi connectivity index (χ4v) is 3.51. The monoisotopic (exact) mass is 287 g/mol. The SMILES string of the molecule is CCC[C@@]1(C)O[C@@H]2CNC[C@H](CCO)[C@H]2O[C@]1(C)OC. The lowest BCUT2D eigenvalue weighted by Crippen LogP contribution is -2.69. The number of aliphatic hydroxyl groups is 1. The number of nitrogens with one attached hydrogen (secondary N) is 1. The maximum Gasteiger partial charge on any atom is 0.194 e. The molecule has 2 N–H and O–H groups in total. The van der Waals surface area contributed by atoms with Gasteiger partial charge in [0.1, 0.15) is 5.60 Å². The summed E-state index contributed by atoms with van der Waals surface area (Å²) in [5, 5.41) is 12.6. The molecule has 0 radical (unpaired) electrons. The van der Waals surface area contributed by atoms with Crippen molar-refractivity contribution < 1.29 is 19.3 Å². The summed E-state index contributed by atoms with van der Waals surface area (Å²) in [6.07, 6.45) is 2.65. The summed E-state index contributed by atoms with van der Waals surface area (Å²) in [7, 11) is 1.68. The van der Waals surface area contributed by atoms with Crippen molar-refractivity contribution in [2.75, 3.05) is 26.8 Å². The van der Waals surface area contributed by atoms with Crippen LogP contribution in [0.2, 0.25) is 0 Å². The second-order valence-electron chi connectivity index (χ2n) is 6.30. The predicted octanol–water partition coefficient (Wildman–Crippen LogP) is 1.29. The number of piperidine rings is 1. The molecule has 0 amide bonds. The summed E-state index contributed by atoms with van der Waals surface area (Å²) in [5.74, 6) is -0.478. The van der Waals surface area contributed by atoms with Crippen molar-refractivity contribution in [3.8, 4) is 0 Å². The molecule has 5 atom stereocenters. The second kappa shape index (κ2) is 6.28. The third-order valence-electron chi connectivity index (χ3n) is 4.93. The lowest BCUT2D eigenvalue weighted by atomic mass is 9.84. The zero-order valence-corrected chi connectivity index (χ0v) is 13.1. The highest BCUT2D eigenvalue weighted by Gasteiger charge is 2.56. The first-order chi connectivity index (χ1) is 9.49. The average molecular weight is 287 g/mol. The quantitative estimate of drug-likeness (QED) is 0.798. The van der Waals surface area contributed by atoms with E-state index in [0.717, 1.165) is 32.4 Å². The van der Waals surface area contributed by atoms with Crippen LogP contribution in [0.25, 0.3) is 0 Å². The molecule has 2 aliphatic rings. The van der Waals surface area contributed by atoms with Crippen LogP contribution in [0.5, 0.6) is 0 Å². The van der Waals surface area contributed by atoms with E-state index in [4.69, 9.17) is 14.2 Å². The smallest absolute Gasteiger partial charge is 0.194 e. The maximum absolute atomic E-state index is 9.23. The molecule has 5 heteroatoms. The normalized spacial score (nSPS) is 45.1. The highest BCUT2D eigenvalue weighted by atomic mass is 16.7. The molecule has 0 saturated carbocycles. The Kier molecular flexibility index (Phi) is 5.08. The second-order valence-corrected chi connectivity index (χ2v) is 6.30. The van der Waals surface area contributed by atoms with E-state index in [9.17, 15) is 5.11 Å². The third-order valence-corrected chi connectivity index (χ3v) is 4.93. The van der Waals surface area contributed by atoms with Crippen molar-refractivity contribution in [2.24, 2.45) is 5.92 Å². The molecular weight excluding hydrogens is 258 g/mol. The number of aliphatic hydroxyl groups excluding tert-OH is 1. The van der Waals surface area contributed by atoms with Crippen LogP contribution in [0.1, 0.15) is 40.0 Å². The van der Waals surface area contributed by atoms with Crippen molar-refractivity contribution in [2.45, 2.75) is 63.6 Å². The summed E-state index contributed by atoms with van der Waals surface area (Å²) in [6.45, 7) is 8.02. The Bertz CT molecular complexity index is 325. The Hall–Kier alpha value is -0.200. The van der Waals surface area contributed by atoms with Gasteiger partial charge in [-0.1, -0.05) is 13.3 Å². The Balaban J connectivity index is 2.20. The van der Waals surface area contributed by atoms with Gasteiger partial charge in [-0.15, -0.1) is 0 Å². The first-order valence-electron chi connectivity index (χ1n) is 7.72. The molecule has 5 nitrogen and oxygen atoms in total. The van der Waals surface area contributed by atoms with E-state index < -0.39 is 11.4 Å². The fourth-order valence-electron chi connectivity index (χ4n) is 3.51. The molecule has 0 aromatic heterocycles. The Morgan fingerprint density at radius 1 is 1.30 bits per heavy atom. The molecular formula is C15H29NO4. The van der Waals surface area contributed by atoms with E-state index in [2.05, 4.69) is 19.2 Å². The fraction of sp³-hybridized carbons (Fsp3) is 1.00. The lowest BCUT2D eigenvalue weighted by Gasteiger charge is -2.56. The van der Waals surface area contributed by atoms with Gasteiger partial charge < -0.3 is 24.6 Å². The Morgan fingerprint density at radius 2 is 2.05 bits per heavy atom. The van der Waals surface area contributed by atoms with Crippen LogP contribution in [0.4, 0.5) is 0 Å². The van der Waals surface area contributed by atoms with Crippen molar-refractivity contribution >= 4 is 0 Å². The van der Waals surface area contributed by atoms with Crippen LogP contribution in [0, 0.1) is 5.92 Å². The molecule has 2 aliphatic heterocycles. The van der Waals surface area contributed by atoms with Crippen LogP contribution in [0.15, 0.2) is 0 Å². The van der Waals surface area contributed by atoms with E-state index in [1.165, 1.54) is 0 Å². The zero-order chi connectivity index (χ0) is 14.8. The predicted molar refractivity (Wildman–Crippen MR) is 76.5 cm³/mol. The zero-order valence-electron chi connectivity index (χ0n) is 13.1. The molecule has 2 rings (SSSR count). The molecule has 0 aromatic rings.